The van der Waals surface area contributed by atoms with Crippen LogP contribution in [0.1, 0.15) is 12.0 Å². The van der Waals surface area contributed by atoms with Crippen LogP contribution in [-0.4, -0.2) is 43.6 Å². The number of aryl methyl sites for hydroxylation is 1. The van der Waals surface area contributed by atoms with Crippen LogP contribution >= 0.6 is 0 Å². The summed E-state index contributed by atoms with van der Waals surface area (Å²) in [5.41, 5.74) is 1.27. The average molecular weight is 330 g/mol. The van der Waals surface area contributed by atoms with Gasteiger partial charge in [0.05, 0.1) is 20.4 Å². The SMILES string of the molecule is COc1ccc(CCCNC[C@@H]2CNc3ccnn3C2)cc1OC. The lowest BCUT2D eigenvalue weighted by Gasteiger charge is -2.25. The third-order valence-corrected chi connectivity index (χ3v) is 4.42. The number of hydrogen-bond donors (Lipinski definition) is 2. The van der Waals surface area contributed by atoms with E-state index < -0.39 is 0 Å². The molecule has 0 saturated carbocycles. The Morgan fingerprint density at radius 3 is 2.96 bits per heavy atom. The second-order valence-electron chi connectivity index (χ2n) is 6.14. The average Bonchev–Trinajstić information content (AvgIpc) is 3.09. The fourth-order valence-electron chi connectivity index (χ4n) is 3.08. The standard InChI is InChI=1S/C18H26N4O2/c1-23-16-6-5-14(10-17(16)24-2)4-3-8-19-11-15-12-20-18-7-9-21-22(18)13-15/h5-7,9-10,15,19-20H,3-4,8,11-13H2,1-2H3/t15-/m1/s1. The maximum absolute atomic E-state index is 5.35. The van der Waals surface area contributed by atoms with Crippen molar-refractivity contribution in [2.24, 2.45) is 5.92 Å². The van der Waals surface area contributed by atoms with E-state index in [1.165, 1.54) is 5.56 Å². The molecule has 1 aromatic heterocycles. The highest BCUT2D eigenvalue weighted by Crippen LogP contribution is 2.27. The Morgan fingerprint density at radius 1 is 1.25 bits per heavy atom. The lowest BCUT2D eigenvalue weighted by molar-refractivity contribution is 0.354. The molecule has 2 aromatic rings. The van der Waals surface area contributed by atoms with Crippen LogP contribution in [0, 0.1) is 5.92 Å². The molecular formula is C18H26N4O2. The van der Waals surface area contributed by atoms with Gasteiger partial charge in [0, 0.05) is 31.6 Å². The maximum Gasteiger partial charge on any atom is 0.160 e. The minimum atomic E-state index is 0.582. The van der Waals surface area contributed by atoms with Crippen molar-refractivity contribution in [1.82, 2.24) is 15.1 Å². The summed E-state index contributed by atoms with van der Waals surface area (Å²) in [5.74, 6) is 3.28. The number of aromatic nitrogens is 2. The van der Waals surface area contributed by atoms with E-state index in [-0.39, 0.29) is 0 Å². The van der Waals surface area contributed by atoms with E-state index in [1.807, 2.05) is 23.0 Å². The number of nitrogens with one attached hydrogen (secondary N) is 2. The molecule has 130 valence electrons. The number of nitrogens with zero attached hydrogens (tertiary/aromatic N) is 2. The zero-order chi connectivity index (χ0) is 16.8. The van der Waals surface area contributed by atoms with Crippen molar-refractivity contribution in [3.8, 4) is 11.5 Å². The fraction of sp³-hybridized carbons (Fsp3) is 0.500. The fourth-order valence-corrected chi connectivity index (χ4v) is 3.08. The Morgan fingerprint density at radius 2 is 2.12 bits per heavy atom. The van der Waals surface area contributed by atoms with Gasteiger partial charge in [-0.2, -0.15) is 5.10 Å². The van der Waals surface area contributed by atoms with Crippen LogP contribution < -0.4 is 20.1 Å². The summed E-state index contributed by atoms with van der Waals surface area (Å²) in [6.45, 7) is 4.02. The first-order chi connectivity index (χ1) is 11.8. The second-order valence-corrected chi connectivity index (χ2v) is 6.14. The predicted octanol–water partition coefficient (Wildman–Crippen LogP) is 2.16. The molecule has 1 aromatic carbocycles. The minimum Gasteiger partial charge on any atom is -0.493 e. The van der Waals surface area contributed by atoms with Crippen LogP contribution in [0.4, 0.5) is 5.82 Å². The molecule has 0 bridgehead atoms. The van der Waals surface area contributed by atoms with Crippen molar-refractivity contribution >= 4 is 5.82 Å². The van der Waals surface area contributed by atoms with Gasteiger partial charge in [0.2, 0.25) is 0 Å². The van der Waals surface area contributed by atoms with E-state index in [1.54, 1.807) is 14.2 Å². The van der Waals surface area contributed by atoms with Gasteiger partial charge in [-0.15, -0.1) is 0 Å². The van der Waals surface area contributed by atoms with Crippen LogP contribution in [-0.2, 0) is 13.0 Å². The molecule has 0 spiro atoms. The quantitative estimate of drug-likeness (QED) is 0.727. The van der Waals surface area contributed by atoms with E-state index >= 15 is 0 Å². The largest absolute Gasteiger partial charge is 0.493 e. The summed E-state index contributed by atoms with van der Waals surface area (Å²) in [7, 11) is 3.33. The van der Waals surface area contributed by atoms with E-state index in [2.05, 4.69) is 27.9 Å². The van der Waals surface area contributed by atoms with Crippen LogP contribution in [0.15, 0.2) is 30.5 Å². The molecule has 1 aliphatic heterocycles. The molecule has 0 saturated heterocycles. The third-order valence-electron chi connectivity index (χ3n) is 4.42. The van der Waals surface area contributed by atoms with Crippen LogP contribution in [0.5, 0.6) is 11.5 Å². The molecule has 1 aliphatic rings. The summed E-state index contributed by atoms with van der Waals surface area (Å²) in [4.78, 5) is 0. The van der Waals surface area contributed by atoms with Crippen LogP contribution in [0.3, 0.4) is 0 Å². The van der Waals surface area contributed by atoms with Gasteiger partial charge < -0.3 is 20.1 Å². The van der Waals surface area contributed by atoms with Gasteiger partial charge in [-0.1, -0.05) is 6.07 Å². The zero-order valence-corrected chi connectivity index (χ0v) is 14.4. The number of fused-ring (bicyclic) bond motifs is 1. The van der Waals surface area contributed by atoms with Crippen LogP contribution in [0.25, 0.3) is 0 Å². The topological polar surface area (TPSA) is 60.3 Å². The first-order valence-corrected chi connectivity index (χ1v) is 8.47. The Balaban J connectivity index is 1.37. The monoisotopic (exact) mass is 330 g/mol. The first-order valence-electron chi connectivity index (χ1n) is 8.47. The van der Waals surface area contributed by atoms with Crippen molar-refractivity contribution < 1.29 is 9.47 Å². The van der Waals surface area contributed by atoms with Gasteiger partial charge >= 0.3 is 0 Å². The van der Waals surface area contributed by atoms with E-state index in [4.69, 9.17) is 9.47 Å². The Labute approximate surface area is 143 Å². The van der Waals surface area contributed by atoms with Crippen LogP contribution in [0.2, 0.25) is 0 Å². The van der Waals surface area contributed by atoms with Gasteiger partial charge in [0.15, 0.2) is 11.5 Å². The number of methoxy groups -OCH3 is 2. The molecule has 0 amide bonds. The summed E-state index contributed by atoms with van der Waals surface area (Å²) >= 11 is 0. The number of hydrogen-bond acceptors (Lipinski definition) is 5. The maximum atomic E-state index is 5.35. The highest BCUT2D eigenvalue weighted by atomic mass is 16.5. The van der Waals surface area contributed by atoms with Gasteiger partial charge in [-0.3, -0.25) is 0 Å². The Bertz CT molecular complexity index is 656. The highest BCUT2D eigenvalue weighted by molar-refractivity contribution is 5.42. The Kier molecular flexibility index (Phi) is 5.59. The first kappa shape index (κ1) is 16.6. The molecule has 2 N–H and O–H groups in total. The lowest BCUT2D eigenvalue weighted by Crippen LogP contribution is -2.35. The third kappa shape index (κ3) is 4.00. The molecule has 0 radical (unpaired) electrons. The molecule has 2 heterocycles. The van der Waals surface area contributed by atoms with Crippen molar-refractivity contribution in [3.63, 3.8) is 0 Å². The van der Waals surface area contributed by atoms with Gasteiger partial charge in [-0.05, 0) is 37.1 Å². The van der Waals surface area contributed by atoms with Gasteiger partial charge in [0.25, 0.3) is 0 Å². The summed E-state index contributed by atoms with van der Waals surface area (Å²) in [5, 5.41) is 11.3. The minimum absolute atomic E-state index is 0.582. The summed E-state index contributed by atoms with van der Waals surface area (Å²) in [6.07, 6.45) is 3.98. The van der Waals surface area contributed by atoms with Crippen molar-refractivity contribution in [2.75, 3.05) is 39.2 Å². The summed E-state index contributed by atoms with van der Waals surface area (Å²) in [6, 6.07) is 8.15. The molecule has 0 aliphatic carbocycles. The molecule has 24 heavy (non-hydrogen) atoms. The van der Waals surface area contributed by atoms with Crippen molar-refractivity contribution in [3.05, 3.63) is 36.0 Å². The number of rotatable bonds is 8. The highest BCUT2D eigenvalue weighted by Gasteiger charge is 2.17. The van der Waals surface area contributed by atoms with Crippen molar-refractivity contribution in [1.29, 1.82) is 0 Å². The molecular weight excluding hydrogens is 304 g/mol. The Hall–Kier alpha value is -2.21. The molecule has 0 unspecified atom stereocenters. The zero-order valence-electron chi connectivity index (χ0n) is 14.4. The van der Waals surface area contributed by atoms with E-state index in [0.717, 1.165) is 56.3 Å². The normalized spacial score (nSPS) is 16.3. The number of ether oxygens (including phenoxy) is 2. The molecule has 6 heteroatoms. The van der Waals surface area contributed by atoms with Crippen molar-refractivity contribution in [2.45, 2.75) is 19.4 Å². The smallest absolute Gasteiger partial charge is 0.160 e. The van der Waals surface area contributed by atoms with Gasteiger partial charge in [-0.25, -0.2) is 4.68 Å². The second kappa shape index (κ2) is 8.06. The van der Waals surface area contributed by atoms with E-state index in [0.29, 0.717) is 5.92 Å². The van der Waals surface area contributed by atoms with E-state index in [9.17, 15) is 0 Å². The molecule has 6 nitrogen and oxygen atoms in total. The predicted molar refractivity (Wildman–Crippen MR) is 94.9 cm³/mol. The molecule has 0 fully saturated rings. The molecule has 1 atom stereocenters. The number of anilines is 1. The van der Waals surface area contributed by atoms with Gasteiger partial charge in [0.1, 0.15) is 5.82 Å². The number of benzene rings is 1. The summed E-state index contributed by atoms with van der Waals surface area (Å²) < 4.78 is 12.7. The molecule has 3 rings (SSSR count). The lowest BCUT2D eigenvalue weighted by atomic mass is 10.1.